The molecule has 0 aromatic carbocycles. The second-order valence-electron chi connectivity index (χ2n) is 5.96. The monoisotopic (exact) mass is 337 g/mol. The zero-order chi connectivity index (χ0) is 15.9. The highest BCUT2D eigenvalue weighted by Gasteiger charge is 2.30. The first kappa shape index (κ1) is 15.4. The number of halogens is 1. The lowest BCUT2D eigenvalue weighted by Gasteiger charge is -2.20. The predicted octanol–water partition coefficient (Wildman–Crippen LogP) is 3.66. The molecule has 116 valence electrons. The van der Waals surface area contributed by atoms with Gasteiger partial charge in [-0.3, -0.25) is 0 Å². The van der Waals surface area contributed by atoms with Gasteiger partial charge in [0.25, 0.3) is 0 Å². The first-order valence-electron chi connectivity index (χ1n) is 6.94. The maximum atomic E-state index is 12.6. The molecule has 0 amide bonds. The molecular weight excluding hydrogens is 322 g/mol. The van der Waals surface area contributed by atoms with E-state index in [2.05, 4.69) is 9.97 Å². The van der Waals surface area contributed by atoms with Gasteiger partial charge in [0.2, 0.25) is 0 Å². The number of pyridine rings is 1. The number of hydrogen-bond acceptors (Lipinski definition) is 5. The molecule has 0 radical (unpaired) electrons. The summed E-state index contributed by atoms with van der Waals surface area (Å²) in [6.45, 7) is 6.30. The van der Waals surface area contributed by atoms with Crippen molar-refractivity contribution in [2.24, 2.45) is 0 Å². The van der Waals surface area contributed by atoms with E-state index in [1.165, 1.54) is 0 Å². The molecule has 1 aliphatic heterocycles. The zero-order valence-corrected chi connectivity index (χ0v) is 14.2. The number of fused-ring (bicyclic) bond motifs is 1. The van der Waals surface area contributed by atoms with Crippen molar-refractivity contribution in [1.29, 1.82) is 0 Å². The third-order valence-corrected chi connectivity index (χ3v) is 4.23. The quantitative estimate of drug-likeness (QED) is 0.618. The van der Waals surface area contributed by atoms with Crippen molar-refractivity contribution < 1.29 is 9.53 Å². The summed E-state index contributed by atoms with van der Waals surface area (Å²) >= 11 is 7.59. The van der Waals surface area contributed by atoms with E-state index >= 15 is 0 Å². The van der Waals surface area contributed by atoms with Crippen molar-refractivity contribution in [3.63, 3.8) is 0 Å². The molecule has 5 nitrogen and oxygen atoms in total. The number of ether oxygens (including phenoxy) is 1. The Bertz CT molecular complexity index is 737. The Balaban J connectivity index is 2.10. The number of thioether (sulfide) groups is 1. The van der Waals surface area contributed by atoms with E-state index in [-0.39, 0.29) is 5.97 Å². The van der Waals surface area contributed by atoms with Gasteiger partial charge < -0.3 is 9.30 Å². The largest absolute Gasteiger partial charge is 0.455 e. The summed E-state index contributed by atoms with van der Waals surface area (Å²) in [4.78, 5) is 21.2. The van der Waals surface area contributed by atoms with Crippen molar-refractivity contribution in [1.82, 2.24) is 14.5 Å². The van der Waals surface area contributed by atoms with Crippen molar-refractivity contribution in [3.8, 4) is 11.3 Å². The molecule has 0 unspecified atom stereocenters. The third-order valence-electron chi connectivity index (χ3n) is 3.07. The van der Waals surface area contributed by atoms with Crippen LogP contribution in [0.15, 0.2) is 23.5 Å². The van der Waals surface area contributed by atoms with E-state index in [9.17, 15) is 4.79 Å². The fourth-order valence-corrected chi connectivity index (χ4v) is 3.39. The Hall–Kier alpha value is -1.53. The minimum Gasteiger partial charge on any atom is -0.455 e. The molecule has 7 heteroatoms. The molecule has 0 fully saturated rings. The standard InChI is InChI=1S/C15H16ClN3O2S/c1-15(2,3)21-13(20)12-11(9-4-5-17-10(16)8-9)18-14-19(12)6-7-22-14/h4-5,8H,6-7H2,1-3H3. The lowest BCUT2D eigenvalue weighted by Crippen LogP contribution is -2.25. The van der Waals surface area contributed by atoms with Crippen LogP contribution in [0.2, 0.25) is 5.15 Å². The Morgan fingerprint density at radius 3 is 2.91 bits per heavy atom. The van der Waals surface area contributed by atoms with E-state index in [0.717, 1.165) is 23.0 Å². The Kier molecular flexibility index (Phi) is 3.91. The van der Waals surface area contributed by atoms with Crippen LogP contribution in [0, 0.1) is 0 Å². The molecule has 3 rings (SSSR count). The van der Waals surface area contributed by atoms with Crippen LogP contribution in [0.3, 0.4) is 0 Å². The SMILES string of the molecule is CC(C)(C)OC(=O)c1c(-c2ccnc(Cl)c2)nc2n1CCS2. The average Bonchev–Trinajstić information content (AvgIpc) is 2.95. The summed E-state index contributed by atoms with van der Waals surface area (Å²) in [7, 11) is 0. The van der Waals surface area contributed by atoms with Crippen molar-refractivity contribution in [2.75, 3.05) is 5.75 Å². The third kappa shape index (κ3) is 2.98. The molecule has 1 aliphatic rings. The van der Waals surface area contributed by atoms with E-state index in [1.807, 2.05) is 25.3 Å². The van der Waals surface area contributed by atoms with E-state index in [1.54, 1.807) is 30.1 Å². The molecule has 0 saturated carbocycles. The van der Waals surface area contributed by atoms with Gasteiger partial charge in [0.1, 0.15) is 16.4 Å². The van der Waals surface area contributed by atoms with Gasteiger partial charge in [0, 0.05) is 24.1 Å². The molecule has 3 heterocycles. The highest BCUT2D eigenvalue weighted by atomic mass is 35.5. The van der Waals surface area contributed by atoms with Gasteiger partial charge in [-0.1, -0.05) is 23.4 Å². The smallest absolute Gasteiger partial charge is 0.357 e. The first-order valence-corrected chi connectivity index (χ1v) is 8.30. The second kappa shape index (κ2) is 5.59. The van der Waals surface area contributed by atoms with E-state index < -0.39 is 5.60 Å². The van der Waals surface area contributed by atoms with Gasteiger partial charge >= 0.3 is 5.97 Å². The predicted molar refractivity (Wildman–Crippen MR) is 86.4 cm³/mol. The molecule has 2 aromatic heterocycles. The van der Waals surface area contributed by atoms with Gasteiger partial charge in [-0.15, -0.1) is 0 Å². The van der Waals surface area contributed by atoms with Crippen LogP contribution >= 0.6 is 23.4 Å². The van der Waals surface area contributed by atoms with Crippen molar-refractivity contribution >= 4 is 29.3 Å². The summed E-state index contributed by atoms with van der Waals surface area (Å²) in [5.41, 5.74) is 1.29. The lowest BCUT2D eigenvalue weighted by atomic mass is 10.1. The number of nitrogens with zero attached hydrogens (tertiary/aromatic N) is 3. The number of esters is 1. The first-order chi connectivity index (χ1) is 10.3. The maximum absolute atomic E-state index is 12.6. The average molecular weight is 338 g/mol. The summed E-state index contributed by atoms with van der Waals surface area (Å²) < 4.78 is 7.46. The second-order valence-corrected chi connectivity index (χ2v) is 7.41. The number of carbonyl (C=O) groups is 1. The Morgan fingerprint density at radius 1 is 1.45 bits per heavy atom. The van der Waals surface area contributed by atoms with Gasteiger partial charge in [-0.05, 0) is 32.9 Å². The Labute approximate surface area is 138 Å². The molecule has 0 N–H and O–H groups in total. The lowest BCUT2D eigenvalue weighted by molar-refractivity contribution is 0.00582. The molecule has 0 aliphatic carbocycles. The van der Waals surface area contributed by atoms with Crippen LogP contribution in [0.5, 0.6) is 0 Å². The van der Waals surface area contributed by atoms with Crippen molar-refractivity contribution in [3.05, 3.63) is 29.2 Å². The fourth-order valence-electron chi connectivity index (χ4n) is 2.26. The minimum atomic E-state index is -0.555. The van der Waals surface area contributed by atoms with Crippen LogP contribution in [0.4, 0.5) is 0 Å². The molecule has 0 spiro atoms. The van der Waals surface area contributed by atoms with Crippen LogP contribution in [0.1, 0.15) is 31.3 Å². The topological polar surface area (TPSA) is 57.0 Å². The summed E-state index contributed by atoms with van der Waals surface area (Å²) in [5.74, 6) is 0.548. The van der Waals surface area contributed by atoms with Gasteiger partial charge in [-0.25, -0.2) is 14.8 Å². The fraction of sp³-hybridized carbons (Fsp3) is 0.400. The number of imidazole rings is 1. The molecular formula is C15H16ClN3O2S. The van der Waals surface area contributed by atoms with Crippen LogP contribution < -0.4 is 0 Å². The normalized spacial score (nSPS) is 14.0. The highest BCUT2D eigenvalue weighted by molar-refractivity contribution is 7.99. The van der Waals surface area contributed by atoms with Crippen molar-refractivity contribution in [2.45, 2.75) is 38.1 Å². The van der Waals surface area contributed by atoms with E-state index in [0.29, 0.717) is 16.5 Å². The summed E-state index contributed by atoms with van der Waals surface area (Å²) in [6, 6.07) is 3.50. The summed E-state index contributed by atoms with van der Waals surface area (Å²) in [6.07, 6.45) is 1.61. The van der Waals surface area contributed by atoms with Crippen LogP contribution in [-0.2, 0) is 11.3 Å². The zero-order valence-electron chi connectivity index (χ0n) is 12.6. The maximum Gasteiger partial charge on any atom is 0.357 e. The summed E-state index contributed by atoms with van der Waals surface area (Å²) in [5, 5.41) is 1.21. The van der Waals surface area contributed by atoms with Gasteiger partial charge in [0.05, 0.1) is 0 Å². The number of carbonyl (C=O) groups excluding carboxylic acids is 1. The molecule has 2 aromatic rings. The molecule has 22 heavy (non-hydrogen) atoms. The molecule has 0 bridgehead atoms. The molecule has 0 atom stereocenters. The molecule has 0 saturated heterocycles. The van der Waals surface area contributed by atoms with E-state index in [4.69, 9.17) is 16.3 Å². The number of aromatic nitrogens is 3. The van der Waals surface area contributed by atoms with Crippen LogP contribution in [-0.4, -0.2) is 31.9 Å². The Morgan fingerprint density at radius 2 is 2.23 bits per heavy atom. The number of hydrogen-bond donors (Lipinski definition) is 0. The van der Waals surface area contributed by atoms with Gasteiger partial charge in [0.15, 0.2) is 10.9 Å². The minimum absolute atomic E-state index is 0.364. The van der Waals surface area contributed by atoms with Crippen LogP contribution in [0.25, 0.3) is 11.3 Å². The number of rotatable bonds is 2. The van der Waals surface area contributed by atoms with Gasteiger partial charge in [-0.2, -0.15) is 0 Å². The highest BCUT2D eigenvalue weighted by Crippen LogP contribution is 2.34.